The van der Waals surface area contributed by atoms with Gasteiger partial charge in [0.2, 0.25) is 0 Å². The molecule has 2 aliphatic rings. The molecule has 122 valence electrons. The van der Waals surface area contributed by atoms with Crippen LogP contribution in [0.15, 0.2) is 24.3 Å². The SMILES string of the molecule is Cc1ccc(-c2c3c(nc4sc5c(c24)CCC5)C(C)CCC3)cc1. The highest BCUT2D eigenvalue weighted by Gasteiger charge is 2.28. The van der Waals surface area contributed by atoms with Crippen LogP contribution in [0.3, 0.4) is 0 Å². The third-order valence-corrected chi connectivity index (χ3v) is 7.04. The fraction of sp³-hybridized carbons (Fsp3) is 0.409. The van der Waals surface area contributed by atoms with Crippen molar-refractivity contribution in [3.05, 3.63) is 51.5 Å². The normalized spacial score (nSPS) is 19.5. The molecule has 2 heterocycles. The molecule has 0 saturated heterocycles. The van der Waals surface area contributed by atoms with Crippen molar-refractivity contribution >= 4 is 21.6 Å². The minimum absolute atomic E-state index is 0.597. The lowest BCUT2D eigenvalue weighted by atomic mass is 9.82. The van der Waals surface area contributed by atoms with Crippen LogP contribution in [0.2, 0.25) is 0 Å². The molecular formula is C22H23NS. The smallest absolute Gasteiger partial charge is 0.124 e. The zero-order valence-corrected chi connectivity index (χ0v) is 15.3. The predicted octanol–water partition coefficient (Wildman–Crippen LogP) is 6.20. The van der Waals surface area contributed by atoms with Crippen LogP contribution in [0.25, 0.3) is 21.3 Å². The minimum atomic E-state index is 0.597. The fourth-order valence-corrected chi connectivity index (χ4v) is 5.88. The van der Waals surface area contributed by atoms with E-state index < -0.39 is 0 Å². The van der Waals surface area contributed by atoms with Crippen molar-refractivity contribution in [2.75, 3.05) is 0 Å². The fourth-order valence-electron chi connectivity index (χ4n) is 4.60. The number of aryl methyl sites for hydroxylation is 3. The van der Waals surface area contributed by atoms with Crippen molar-refractivity contribution in [3.63, 3.8) is 0 Å². The van der Waals surface area contributed by atoms with Crippen LogP contribution < -0.4 is 0 Å². The Kier molecular flexibility index (Phi) is 3.31. The van der Waals surface area contributed by atoms with Crippen molar-refractivity contribution in [1.29, 1.82) is 0 Å². The second kappa shape index (κ2) is 5.42. The van der Waals surface area contributed by atoms with Crippen LogP contribution in [0, 0.1) is 6.92 Å². The summed E-state index contributed by atoms with van der Waals surface area (Å²) in [7, 11) is 0. The molecule has 3 aromatic rings. The molecule has 0 spiro atoms. The van der Waals surface area contributed by atoms with Crippen molar-refractivity contribution in [2.45, 2.75) is 58.3 Å². The quantitative estimate of drug-likeness (QED) is 0.516. The van der Waals surface area contributed by atoms with Crippen LogP contribution in [0.4, 0.5) is 0 Å². The Labute approximate surface area is 147 Å². The summed E-state index contributed by atoms with van der Waals surface area (Å²) in [5, 5.41) is 1.49. The molecule has 0 N–H and O–H groups in total. The monoisotopic (exact) mass is 333 g/mol. The molecule has 0 saturated carbocycles. The van der Waals surface area contributed by atoms with Crippen LogP contribution in [0.1, 0.15) is 59.4 Å². The van der Waals surface area contributed by atoms with Gasteiger partial charge in [-0.05, 0) is 73.6 Å². The summed E-state index contributed by atoms with van der Waals surface area (Å²) >= 11 is 1.96. The van der Waals surface area contributed by atoms with E-state index in [1.165, 1.54) is 76.7 Å². The summed E-state index contributed by atoms with van der Waals surface area (Å²) in [6, 6.07) is 9.16. The van der Waals surface area contributed by atoms with Crippen LogP contribution in [0.5, 0.6) is 0 Å². The summed E-state index contributed by atoms with van der Waals surface area (Å²) in [5.74, 6) is 0.597. The van der Waals surface area contributed by atoms with Crippen LogP contribution >= 0.6 is 11.3 Å². The number of hydrogen-bond acceptors (Lipinski definition) is 2. The molecule has 2 aliphatic carbocycles. The Hall–Kier alpha value is -1.67. The second-order valence-corrected chi connectivity index (χ2v) is 8.63. The third kappa shape index (κ3) is 2.09. The number of benzene rings is 1. The molecule has 0 bridgehead atoms. The maximum atomic E-state index is 5.18. The van der Waals surface area contributed by atoms with Gasteiger partial charge in [0, 0.05) is 16.0 Å². The first-order chi connectivity index (χ1) is 11.7. The molecule has 2 heteroatoms. The van der Waals surface area contributed by atoms with Gasteiger partial charge in [-0.1, -0.05) is 36.8 Å². The van der Waals surface area contributed by atoms with Gasteiger partial charge in [-0.15, -0.1) is 11.3 Å². The summed E-state index contributed by atoms with van der Waals surface area (Å²) in [6.07, 6.45) is 7.58. The maximum absolute atomic E-state index is 5.18. The first kappa shape index (κ1) is 14.7. The Balaban J connectivity index is 1.89. The number of nitrogens with zero attached hydrogens (tertiary/aromatic N) is 1. The average molecular weight is 334 g/mol. The van der Waals surface area contributed by atoms with Crippen molar-refractivity contribution < 1.29 is 0 Å². The maximum Gasteiger partial charge on any atom is 0.124 e. The Morgan fingerprint density at radius 2 is 1.79 bits per heavy atom. The van der Waals surface area contributed by atoms with E-state index in [9.17, 15) is 0 Å². The van der Waals surface area contributed by atoms with Crippen LogP contribution in [-0.4, -0.2) is 4.98 Å². The molecule has 0 amide bonds. The molecular weight excluding hydrogens is 310 g/mol. The van der Waals surface area contributed by atoms with Gasteiger partial charge in [0.15, 0.2) is 0 Å². The van der Waals surface area contributed by atoms with Gasteiger partial charge in [-0.25, -0.2) is 4.98 Å². The molecule has 24 heavy (non-hydrogen) atoms. The van der Waals surface area contributed by atoms with Gasteiger partial charge in [0.1, 0.15) is 4.83 Å². The minimum Gasteiger partial charge on any atom is -0.241 e. The standard InChI is InChI=1S/C22H23NS/c1-13-9-11-15(12-10-13)19-17-7-3-5-14(2)21(17)23-22-20(19)16-6-4-8-18(16)24-22/h9-12,14H,3-8H2,1-2H3. The third-order valence-electron chi connectivity index (χ3n) is 5.86. The van der Waals surface area contributed by atoms with Crippen molar-refractivity contribution in [3.8, 4) is 11.1 Å². The molecule has 0 aliphatic heterocycles. The van der Waals surface area contributed by atoms with Gasteiger partial charge in [0.25, 0.3) is 0 Å². The number of aromatic nitrogens is 1. The van der Waals surface area contributed by atoms with E-state index in [4.69, 9.17) is 4.98 Å². The summed E-state index contributed by atoms with van der Waals surface area (Å²) in [6.45, 7) is 4.53. The predicted molar refractivity (Wildman–Crippen MR) is 103 cm³/mol. The average Bonchev–Trinajstić information content (AvgIpc) is 3.15. The number of hydrogen-bond donors (Lipinski definition) is 0. The van der Waals surface area contributed by atoms with E-state index in [2.05, 4.69) is 38.1 Å². The van der Waals surface area contributed by atoms with E-state index in [1.807, 2.05) is 11.3 Å². The Morgan fingerprint density at radius 1 is 1.00 bits per heavy atom. The number of rotatable bonds is 1. The zero-order chi connectivity index (χ0) is 16.3. The van der Waals surface area contributed by atoms with E-state index in [0.717, 1.165) is 0 Å². The molecule has 1 unspecified atom stereocenters. The molecule has 1 atom stereocenters. The molecule has 0 fully saturated rings. The largest absolute Gasteiger partial charge is 0.241 e. The number of pyridine rings is 1. The Bertz CT molecular complexity index is 933. The van der Waals surface area contributed by atoms with Crippen molar-refractivity contribution in [1.82, 2.24) is 4.98 Å². The zero-order valence-electron chi connectivity index (χ0n) is 14.5. The molecule has 0 radical (unpaired) electrons. The topological polar surface area (TPSA) is 12.9 Å². The highest BCUT2D eigenvalue weighted by atomic mass is 32.1. The molecule has 1 aromatic carbocycles. The first-order valence-electron chi connectivity index (χ1n) is 9.26. The Morgan fingerprint density at radius 3 is 2.62 bits per heavy atom. The van der Waals surface area contributed by atoms with Gasteiger partial charge >= 0.3 is 0 Å². The van der Waals surface area contributed by atoms with Gasteiger partial charge in [-0.2, -0.15) is 0 Å². The molecule has 5 rings (SSSR count). The van der Waals surface area contributed by atoms with E-state index >= 15 is 0 Å². The van der Waals surface area contributed by atoms with Crippen LogP contribution in [-0.2, 0) is 19.3 Å². The highest BCUT2D eigenvalue weighted by molar-refractivity contribution is 7.19. The summed E-state index contributed by atoms with van der Waals surface area (Å²) < 4.78 is 0. The molecule has 2 aromatic heterocycles. The summed E-state index contributed by atoms with van der Waals surface area (Å²) in [5.41, 5.74) is 8.77. The number of fused-ring (bicyclic) bond motifs is 4. The molecule has 1 nitrogen and oxygen atoms in total. The number of thiophene rings is 1. The summed E-state index contributed by atoms with van der Waals surface area (Å²) in [4.78, 5) is 8.07. The lowest BCUT2D eigenvalue weighted by Gasteiger charge is -2.25. The van der Waals surface area contributed by atoms with E-state index in [0.29, 0.717) is 5.92 Å². The lowest BCUT2D eigenvalue weighted by molar-refractivity contribution is 0.577. The van der Waals surface area contributed by atoms with Gasteiger partial charge in [-0.3, -0.25) is 0 Å². The lowest BCUT2D eigenvalue weighted by Crippen LogP contribution is -2.11. The highest BCUT2D eigenvalue weighted by Crippen LogP contribution is 2.46. The van der Waals surface area contributed by atoms with Gasteiger partial charge < -0.3 is 0 Å². The second-order valence-electron chi connectivity index (χ2n) is 7.55. The van der Waals surface area contributed by atoms with E-state index in [1.54, 1.807) is 10.4 Å². The van der Waals surface area contributed by atoms with Crippen molar-refractivity contribution in [2.24, 2.45) is 0 Å². The van der Waals surface area contributed by atoms with E-state index in [-0.39, 0.29) is 0 Å². The first-order valence-corrected chi connectivity index (χ1v) is 10.1. The van der Waals surface area contributed by atoms with Gasteiger partial charge in [0.05, 0.1) is 0 Å².